The van der Waals surface area contributed by atoms with Crippen LogP contribution in [0.1, 0.15) is 0 Å². The summed E-state index contributed by atoms with van der Waals surface area (Å²) in [5.74, 6) is 0. The number of pyridine rings is 1. The molecule has 2 aromatic heterocycles. The number of aromatic nitrogens is 2. The van der Waals surface area contributed by atoms with Crippen LogP contribution in [-0.4, -0.2) is 20.2 Å². The average Bonchev–Trinajstić information content (AvgIpc) is 3.56. The van der Waals surface area contributed by atoms with Crippen LogP contribution >= 0.6 is 11.6 Å². The summed E-state index contributed by atoms with van der Waals surface area (Å²) in [7, 11) is 0. The molecule has 6 heteroatoms. The Hall–Kier alpha value is -5.59. The van der Waals surface area contributed by atoms with Gasteiger partial charge in [0.25, 0.3) is 0 Å². The van der Waals surface area contributed by atoms with Crippen molar-refractivity contribution in [3.05, 3.63) is 157 Å². The van der Waals surface area contributed by atoms with Crippen LogP contribution in [0, 0.1) is 0 Å². The highest BCUT2D eigenvalue weighted by Crippen LogP contribution is 2.44. The molecule has 50 heavy (non-hydrogen) atoms. The van der Waals surface area contributed by atoms with Crippen molar-refractivity contribution < 1.29 is 4.55 Å². The maximum atomic E-state index is 13.4. The normalized spacial score (nSPS) is 12.6. The Balaban J connectivity index is 1.30. The predicted octanol–water partition coefficient (Wildman–Crippen LogP) is 12.1. The number of hydrogen-bond acceptors (Lipinski definition) is 3. The molecule has 0 radical (unpaired) electrons. The fourth-order valence-corrected chi connectivity index (χ4v) is 8.78. The second kappa shape index (κ2) is 11.2. The summed E-state index contributed by atoms with van der Waals surface area (Å²) in [6, 6.07) is 52.9. The van der Waals surface area contributed by atoms with E-state index in [4.69, 9.17) is 16.6 Å². The Bertz CT molecular complexity index is 2970. The van der Waals surface area contributed by atoms with Gasteiger partial charge in [-0.05, 0) is 110 Å². The number of rotatable bonds is 4. The van der Waals surface area contributed by atoms with Gasteiger partial charge in [0, 0.05) is 33.2 Å². The van der Waals surface area contributed by atoms with E-state index in [1.165, 1.54) is 26.9 Å². The van der Waals surface area contributed by atoms with Gasteiger partial charge in [-0.2, -0.15) is 0 Å². The van der Waals surface area contributed by atoms with E-state index in [1.54, 1.807) is 6.26 Å². The van der Waals surface area contributed by atoms with Crippen LogP contribution in [0.2, 0.25) is 5.02 Å². The third kappa shape index (κ3) is 4.34. The summed E-state index contributed by atoms with van der Waals surface area (Å²) in [6.45, 7) is 0. The largest absolute Gasteiger partial charge is 0.612 e. The minimum atomic E-state index is -1.30. The molecule has 1 atom stereocenters. The van der Waals surface area contributed by atoms with E-state index in [1.807, 2.05) is 24.3 Å². The molecule has 0 bridgehead atoms. The highest BCUT2D eigenvalue weighted by atomic mass is 35.5. The molecular formula is C44H28ClN3OS. The molecule has 10 rings (SSSR count). The number of nitrogens with zero attached hydrogens (tertiary/aromatic N) is 3. The molecule has 0 aliphatic rings. The molecule has 0 spiro atoms. The van der Waals surface area contributed by atoms with E-state index < -0.39 is 11.2 Å². The van der Waals surface area contributed by atoms with Gasteiger partial charge < -0.3 is 9.45 Å². The Morgan fingerprint density at radius 2 is 1.06 bits per heavy atom. The van der Waals surface area contributed by atoms with Crippen molar-refractivity contribution in [2.24, 2.45) is 0 Å². The van der Waals surface area contributed by atoms with Crippen LogP contribution in [0.5, 0.6) is 0 Å². The smallest absolute Gasteiger partial charge is 0.177 e. The molecule has 0 saturated heterocycles. The Kier molecular flexibility index (Phi) is 6.58. The summed E-state index contributed by atoms with van der Waals surface area (Å²) in [4.78, 5) is 8.00. The first kappa shape index (κ1) is 29.3. The lowest BCUT2D eigenvalue weighted by Crippen LogP contribution is -2.14. The fraction of sp³-hybridized carbons (Fsp3) is 0.0227. The predicted molar refractivity (Wildman–Crippen MR) is 212 cm³/mol. The topological polar surface area (TPSA) is 43.6 Å². The average molecular weight is 682 g/mol. The Morgan fingerprint density at radius 1 is 0.540 bits per heavy atom. The lowest BCUT2D eigenvalue weighted by Gasteiger charge is -2.28. The van der Waals surface area contributed by atoms with Crippen molar-refractivity contribution in [2.75, 3.05) is 11.2 Å². The van der Waals surface area contributed by atoms with Gasteiger partial charge in [-0.15, -0.1) is 0 Å². The van der Waals surface area contributed by atoms with Gasteiger partial charge in [0.05, 0.1) is 16.6 Å². The van der Waals surface area contributed by atoms with Gasteiger partial charge in [0.15, 0.2) is 4.90 Å². The molecule has 238 valence electrons. The molecule has 0 N–H and O–H groups in total. The van der Waals surface area contributed by atoms with E-state index in [-0.39, 0.29) is 0 Å². The van der Waals surface area contributed by atoms with E-state index in [0.717, 1.165) is 60.8 Å². The zero-order valence-electron chi connectivity index (χ0n) is 27.0. The number of para-hydroxylation sites is 3. The maximum absolute atomic E-state index is 13.4. The fourth-order valence-electron chi connectivity index (χ4n) is 7.80. The Morgan fingerprint density at radius 3 is 1.72 bits per heavy atom. The molecule has 1 unspecified atom stereocenters. The molecule has 10 aromatic rings. The third-order valence-electron chi connectivity index (χ3n) is 9.96. The van der Waals surface area contributed by atoms with Crippen LogP contribution in [0.4, 0.5) is 17.1 Å². The molecule has 0 aliphatic carbocycles. The number of benzene rings is 8. The van der Waals surface area contributed by atoms with Crippen molar-refractivity contribution in [1.82, 2.24) is 9.38 Å². The van der Waals surface area contributed by atoms with Gasteiger partial charge in [-0.3, -0.25) is 4.40 Å². The summed E-state index contributed by atoms with van der Waals surface area (Å²) in [5, 5.41) is 11.1. The highest BCUT2D eigenvalue weighted by molar-refractivity contribution is 7.90. The summed E-state index contributed by atoms with van der Waals surface area (Å²) in [5.41, 5.74) is 6.78. The van der Waals surface area contributed by atoms with Crippen molar-refractivity contribution in [3.63, 3.8) is 0 Å². The molecule has 0 amide bonds. The Labute approximate surface area is 295 Å². The van der Waals surface area contributed by atoms with Crippen molar-refractivity contribution in [1.29, 1.82) is 0 Å². The number of hydrogen-bond donors (Lipinski definition) is 0. The van der Waals surface area contributed by atoms with Crippen LogP contribution < -0.4 is 4.90 Å². The lowest BCUT2D eigenvalue weighted by atomic mass is 9.94. The first-order valence-corrected chi connectivity index (χ1v) is 18.5. The quantitative estimate of drug-likeness (QED) is 0.137. The lowest BCUT2D eigenvalue weighted by molar-refractivity contribution is 0.601. The SMILES string of the molecule is C[S+]([O-])c1cc(Cl)ccc1N(c1ccc2c3ccccc3c3ccccc3c2c1)c1ccc2c(c1)c1ccccc1n1c3ccccc3nc21. The van der Waals surface area contributed by atoms with Crippen molar-refractivity contribution >= 4 is 111 Å². The van der Waals surface area contributed by atoms with Gasteiger partial charge in [0.2, 0.25) is 0 Å². The minimum absolute atomic E-state index is 0.549. The molecule has 0 aliphatic heterocycles. The third-order valence-corrected chi connectivity index (χ3v) is 11.1. The van der Waals surface area contributed by atoms with Crippen LogP contribution in [0.3, 0.4) is 0 Å². The van der Waals surface area contributed by atoms with Gasteiger partial charge in [0.1, 0.15) is 17.6 Å². The van der Waals surface area contributed by atoms with Crippen LogP contribution in [-0.2, 0) is 11.2 Å². The molecule has 4 nitrogen and oxygen atoms in total. The molecule has 8 aromatic carbocycles. The summed E-state index contributed by atoms with van der Waals surface area (Å²) in [6.07, 6.45) is 1.71. The van der Waals surface area contributed by atoms with Crippen LogP contribution in [0.25, 0.3) is 70.7 Å². The first-order valence-electron chi connectivity index (χ1n) is 16.5. The molecule has 2 heterocycles. The zero-order chi connectivity index (χ0) is 33.5. The maximum Gasteiger partial charge on any atom is 0.177 e. The number of fused-ring (bicyclic) bond motifs is 14. The number of halogens is 1. The zero-order valence-corrected chi connectivity index (χ0v) is 28.5. The first-order chi connectivity index (χ1) is 24.5. The number of imidazole rings is 1. The summed E-state index contributed by atoms with van der Waals surface area (Å²) < 4.78 is 15.6. The molecule has 0 saturated carbocycles. The number of anilines is 3. The van der Waals surface area contributed by atoms with E-state index in [2.05, 4.69) is 137 Å². The second-order valence-electron chi connectivity index (χ2n) is 12.7. The van der Waals surface area contributed by atoms with Crippen molar-refractivity contribution in [3.8, 4) is 0 Å². The minimum Gasteiger partial charge on any atom is -0.612 e. The van der Waals surface area contributed by atoms with Gasteiger partial charge in [-0.25, -0.2) is 4.98 Å². The highest BCUT2D eigenvalue weighted by Gasteiger charge is 2.24. The standard InChI is InChI=1S/C44H28ClN3OS/c1-50(49)43-24-27(45)18-23-42(43)47(28-19-21-34-32-12-3-2-10-30(32)31-11-4-5-13-33(31)37(34)25-28)29-20-22-36-38(26-29)35-14-6-8-16-40(35)48-41-17-9-7-15-39(41)46-44(36)48/h2-26H,1H3. The van der Waals surface area contributed by atoms with E-state index in [0.29, 0.717) is 9.92 Å². The molecular weight excluding hydrogens is 654 g/mol. The van der Waals surface area contributed by atoms with Gasteiger partial charge in [-0.1, -0.05) is 96.5 Å². The van der Waals surface area contributed by atoms with Gasteiger partial charge >= 0.3 is 0 Å². The van der Waals surface area contributed by atoms with E-state index >= 15 is 0 Å². The van der Waals surface area contributed by atoms with Crippen molar-refractivity contribution in [2.45, 2.75) is 4.90 Å². The summed E-state index contributed by atoms with van der Waals surface area (Å²) >= 11 is 5.22. The van der Waals surface area contributed by atoms with Crippen LogP contribution in [0.15, 0.2) is 157 Å². The monoisotopic (exact) mass is 681 g/mol. The van der Waals surface area contributed by atoms with E-state index in [9.17, 15) is 4.55 Å². The second-order valence-corrected chi connectivity index (χ2v) is 14.5. The molecule has 0 fully saturated rings.